The molecule has 1 saturated carbocycles. The second-order valence-corrected chi connectivity index (χ2v) is 4.63. The van der Waals surface area contributed by atoms with Gasteiger partial charge in [0, 0.05) is 11.0 Å². The Hall–Kier alpha value is -1.05. The van der Waals surface area contributed by atoms with Crippen LogP contribution in [-0.2, 0) is 6.42 Å². The zero-order valence-electron chi connectivity index (χ0n) is 8.21. The van der Waals surface area contributed by atoms with Crippen LogP contribution in [0.3, 0.4) is 0 Å². The molecule has 1 aromatic heterocycles. The summed E-state index contributed by atoms with van der Waals surface area (Å²) in [7, 11) is 0. The molecule has 0 unspecified atom stereocenters. The van der Waals surface area contributed by atoms with Gasteiger partial charge in [0.15, 0.2) is 5.78 Å². The van der Waals surface area contributed by atoms with Gasteiger partial charge in [-0.15, -0.1) is 0 Å². The van der Waals surface area contributed by atoms with Crippen LogP contribution in [0.4, 0.5) is 0 Å². The molecule has 2 nitrogen and oxygen atoms in total. The quantitative estimate of drug-likeness (QED) is 0.629. The minimum atomic E-state index is -0.00310. The predicted molar refractivity (Wildman–Crippen MR) is 52.3 cm³/mol. The summed E-state index contributed by atoms with van der Waals surface area (Å²) in [4.78, 5) is 12.2. The van der Waals surface area contributed by atoms with Crippen molar-refractivity contribution in [1.29, 1.82) is 0 Å². The topological polar surface area (TPSA) is 30.2 Å². The number of furan rings is 1. The van der Waals surface area contributed by atoms with E-state index in [1.807, 2.05) is 0 Å². The fourth-order valence-electron chi connectivity index (χ4n) is 3.02. The van der Waals surface area contributed by atoms with Crippen molar-refractivity contribution < 1.29 is 9.21 Å². The van der Waals surface area contributed by atoms with Gasteiger partial charge in [0.2, 0.25) is 0 Å². The first-order valence-corrected chi connectivity index (χ1v) is 5.42. The monoisotopic (exact) mass is 190 g/mol. The standard InChI is InChI=1S/C12H14O2/c13-11-10-8-14-7-9(10)3-6-12(11)4-1-2-5-12/h7-8H,1-6H2. The van der Waals surface area contributed by atoms with E-state index in [-0.39, 0.29) is 5.41 Å². The highest BCUT2D eigenvalue weighted by Gasteiger charge is 2.44. The summed E-state index contributed by atoms with van der Waals surface area (Å²) in [5.41, 5.74) is 1.97. The first kappa shape index (κ1) is 8.27. The minimum absolute atomic E-state index is 0.00310. The van der Waals surface area contributed by atoms with Crippen LogP contribution in [0.15, 0.2) is 16.9 Å². The SMILES string of the molecule is O=C1c2cocc2CCC12CCCC2. The molecule has 3 rings (SSSR count). The van der Waals surface area contributed by atoms with Crippen molar-refractivity contribution in [2.24, 2.45) is 5.41 Å². The third-order valence-electron chi connectivity index (χ3n) is 3.90. The molecule has 0 N–H and O–H groups in total. The van der Waals surface area contributed by atoms with E-state index in [0.29, 0.717) is 5.78 Å². The van der Waals surface area contributed by atoms with E-state index in [4.69, 9.17) is 4.42 Å². The summed E-state index contributed by atoms with van der Waals surface area (Å²) in [6.45, 7) is 0. The van der Waals surface area contributed by atoms with Crippen LogP contribution in [-0.4, -0.2) is 5.78 Å². The fraction of sp³-hybridized carbons (Fsp3) is 0.583. The summed E-state index contributed by atoms with van der Waals surface area (Å²) in [5.74, 6) is 0.352. The van der Waals surface area contributed by atoms with Gasteiger partial charge in [0.1, 0.15) is 6.26 Å². The number of Topliss-reactive ketones (excluding diaryl/α,β-unsaturated/α-hetero) is 1. The molecular formula is C12H14O2. The average molecular weight is 190 g/mol. The Labute approximate surface area is 83.3 Å². The van der Waals surface area contributed by atoms with Crippen molar-refractivity contribution in [3.63, 3.8) is 0 Å². The van der Waals surface area contributed by atoms with Crippen LogP contribution < -0.4 is 0 Å². The lowest BCUT2D eigenvalue weighted by molar-refractivity contribution is 0.0766. The van der Waals surface area contributed by atoms with Crippen LogP contribution in [0, 0.1) is 5.41 Å². The van der Waals surface area contributed by atoms with Crippen LogP contribution in [0.1, 0.15) is 48.0 Å². The molecule has 0 saturated heterocycles. The van der Waals surface area contributed by atoms with Gasteiger partial charge in [-0.2, -0.15) is 0 Å². The largest absolute Gasteiger partial charge is 0.472 e. The molecular weight excluding hydrogens is 176 g/mol. The predicted octanol–water partition coefficient (Wildman–Crippen LogP) is 2.97. The number of ketones is 1. The molecule has 0 aliphatic heterocycles. The molecule has 1 heterocycles. The lowest BCUT2D eigenvalue weighted by atomic mass is 9.70. The van der Waals surface area contributed by atoms with Gasteiger partial charge in [-0.25, -0.2) is 0 Å². The first-order chi connectivity index (χ1) is 6.82. The van der Waals surface area contributed by atoms with Crippen molar-refractivity contribution >= 4 is 5.78 Å². The number of hydrogen-bond donors (Lipinski definition) is 0. The minimum Gasteiger partial charge on any atom is -0.472 e. The van der Waals surface area contributed by atoms with E-state index in [0.717, 1.165) is 36.8 Å². The smallest absolute Gasteiger partial charge is 0.172 e. The van der Waals surface area contributed by atoms with Crippen LogP contribution >= 0.6 is 0 Å². The highest BCUT2D eigenvalue weighted by atomic mass is 16.3. The summed E-state index contributed by atoms with van der Waals surface area (Å²) < 4.78 is 5.12. The Morgan fingerprint density at radius 1 is 1.14 bits per heavy atom. The summed E-state index contributed by atoms with van der Waals surface area (Å²) >= 11 is 0. The van der Waals surface area contributed by atoms with Gasteiger partial charge < -0.3 is 4.42 Å². The van der Waals surface area contributed by atoms with Gasteiger partial charge in [-0.1, -0.05) is 12.8 Å². The second kappa shape index (κ2) is 2.72. The molecule has 2 aliphatic carbocycles. The summed E-state index contributed by atoms with van der Waals surface area (Å²) in [6, 6.07) is 0. The summed E-state index contributed by atoms with van der Waals surface area (Å²) in [6.07, 6.45) is 10.1. The normalized spacial score (nSPS) is 24.1. The zero-order chi connectivity index (χ0) is 9.60. The highest BCUT2D eigenvalue weighted by Crippen LogP contribution is 2.47. The maximum Gasteiger partial charge on any atom is 0.172 e. The van der Waals surface area contributed by atoms with Crippen LogP contribution in [0.2, 0.25) is 0 Å². The number of carbonyl (C=O) groups is 1. The Morgan fingerprint density at radius 3 is 2.71 bits per heavy atom. The van der Waals surface area contributed by atoms with Gasteiger partial charge >= 0.3 is 0 Å². The van der Waals surface area contributed by atoms with Crippen molar-refractivity contribution in [3.05, 3.63) is 23.7 Å². The zero-order valence-corrected chi connectivity index (χ0v) is 8.21. The van der Waals surface area contributed by atoms with E-state index in [1.165, 1.54) is 12.8 Å². The van der Waals surface area contributed by atoms with E-state index in [2.05, 4.69) is 0 Å². The molecule has 0 radical (unpaired) electrons. The molecule has 0 aromatic carbocycles. The number of fused-ring (bicyclic) bond motifs is 1. The first-order valence-electron chi connectivity index (χ1n) is 5.42. The second-order valence-electron chi connectivity index (χ2n) is 4.63. The highest BCUT2D eigenvalue weighted by molar-refractivity contribution is 6.02. The molecule has 2 heteroatoms. The summed E-state index contributed by atoms with van der Waals surface area (Å²) in [5, 5.41) is 0. The molecule has 0 atom stereocenters. The van der Waals surface area contributed by atoms with Crippen molar-refractivity contribution in [1.82, 2.24) is 0 Å². The third-order valence-corrected chi connectivity index (χ3v) is 3.90. The fourth-order valence-corrected chi connectivity index (χ4v) is 3.02. The number of hydrogen-bond acceptors (Lipinski definition) is 2. The van der Waals surface area contributed by atoms with E-state index in [1.54, 1.807) is 12.5 Å². The average Bonchev–Trinajstić information content (AvgIpc) is 2.83. The molecule has 1 spiro atoms. The number of rotatable bonds is 0. The third kappa shape index (κ3) is 0.941. The molecule has 14 heavy (non-hydrogen) atoms. The van der Waals surface area contributed by atoms with Gasteiger partial charge in [-0.3, -0.25) is 4.79 Å². The van der Waals surface area contributed by atoms with E-state index in [9.17, 15) is 4.79 Å². The number of aryl methyl sites for hydroxylation is 1. The molecule has 0 bridgehead atoms. The molecule has 1 fully saturated rings. The van der Waals surface area contributed by atoms with Gasteiger partial charge in [0.05, 0.1) is 11.8 Å². The Balaban J connectivity index is 2.04. The Bertz CT molecular complexity index is 369. The lowest BCUT2D eigenvalue weighted by Gasteiger charge is -2.30. The van der Waals surface area contributed by atoms with Crippen LogP contribution in [0.5, 0.6) is 0 Å². The molecule has 0 amide bonds. The van der Waals surface area contributed by atoms with Crippen molar-refractivity contribution in [2.75, 3.05) is 0 Å². The van der Waals surface area contributed by atoms with E-state index < -0.39 is 0 Å². The maximum atomic E-state index is 12.2. The van der Waals surface area contributed by atoms with Gasteiger partial charge in [-0.05, 0) is 25.7 Å². The molecule has 2 aliphatic rings. The van der Waals surface area contributed by atoms with Crippen LogP contribution in [0.25, 0.3) is 0 Å². The van der Waals surface area contributed by atoms with Gasteiger partial charge in [0.25, 0.3) is 0 Å². The Morgan fingerprint density at radius 2 is 1.93 bits per heavy atom. The maximum absolute atomic E-state index is 12.2. The molecule has 1 aromatic rings. The van der Waals surface area contributed by atoms with Crippen molar-refractivity contribution in [3.8, 4) is 0 Å². The molecule has 74 valence electrons. The number of carbonyl (C=O) groups excluding carboxylic acids is 1. The van der Waals surface area contributed by atoms with E-state index >= 15 is 0 Å². The van der Waals surface area contributed by atoms with Crippen molar-refractivity contribution in [2.45, 2.75) is 38.5 Å². The lowest BCUT2D eigenvalue weighted by Crippen LogP contribution is -2.32. The Kier molecular flexibility index (Phi) is 1.61.